The summed E-state index contributed by atoms with van der Waals surface area (Å²) in [6.45, 7) is 4.79. The van der Waals surface area contributed by atoms with Gasteiger partial charge in [-0.05, 0) is 49.7 Å². The van der Waals surface area contributed by atoms with E-state index in [0.29, 0.717) is 13.0 Å². The predicted octanol–water partition coefficient (Wildman–Crippen LogP) is 5.34. The Morgan fingerprint density at radius 2 is 1.89 bits per heavy atom. The van der Waals surface area contributed by atoms with Crippen LogP contribution in [0.25, 0.3) is 26.2 Å². The highest BCUT2D eigenvalue weighted by molar-refractivity contribution is 7.22. The van der Waals surface area contributed by atoms with Gasteiger partial charge in [0.05, 0.1) is 35.8 Å². The van der Waals surface area contributed by atoms with Crippen LogP contribution in [0.1, 0.15) is 31.9 Å². The summed E-state index contributed by atoms with van der Waals surface area (Å²) in [7, 11) is 3.61. The average molecular weight is 516 g/mol. The number of carbonyl (C=O) groups is 1. The molecule has 6 rings (SSSR count). The van der Waals surface area contributed by atoms with E-state index in [1.165, 1.54) is 0 Å². The third kappa shape index (κ3) is 4.23. The van der Waals surface area contributed by atoms with Crippen LogP contribution in [0, 0.1) is 5.92 Å². The van der Waals surface area contributed by atoms with Gasteiger partial charge in [0, 0.05) is 42.6 Å². The van der Waals surface area contributed by atoms with Crippen LogP contribution in [0.15, 0.2) is 61.1 Å². The second-order valence-corrected chi connectivity index (χ2v) is 10.7. The summed E-state index contributed by atoms with van der Waals surface area (Å²) >= 11 is 1.70. The van der Waals surface area contributed by atoms with Gasteiger partial charge in [-0.1, -0.05) is 12.1 Å². The summed E-state index contributed by atoms with van der Waals surface area (Å²) in [5.41, 5.74) is 4.14. The molecule has 8 nitrogen and oxygen atoms in total. The third-order valence-corrected chi connectivity index (χ3v) is 8.53. The molecule has 1 aliphatic rings. The number of fused-ring (bicyclic) bond motifs is 2. The Balaban J connectivity index is 1.23. The minimum absolute atomic E-state index is 0.0112. The molecule has 37 heavy (non-hydrogen) atoms. The Bertz CT molecular complexity index is 1580. The van der Waals surface area contributed by atoms with Crippen molar-refractivity contribution in [1.29, 1.82) is 0 Å². The number of methoxy groups -OCH3 is 1. The second kappa shape index (κ2) is 9.23. The topological polar surface area (TPSA) is 73.9 Å². The highest BCUT2D eigenvalue weighted by Gasteiger charge is 2.37. The van der Waals surface area contributed by atoms with Gasteiger partial charge in [0.15, 0.2) is 0 Å². The number of carbonyl (C=O) groups excluding carboxylic acids is 1. The Morgan fingerprint density at radius 1 is 1.08 bits per heavy atom. The fraction of sp³-hybridized carbons (Fsp3) is 0.321. The van der Waals surface area contributed by atoms with Crippen LogP contribution in [0.3, 0.4) is 0 Å². The first-order valence-corrected chi connectivity index (χ1v) is 13.2. The molecule has 0 unspecified atom stereocenters. The van der Waals surface area contributed by atoms with E-state index in [1.807, 2.05) is 63.9 Å². The number of hydrogen-bond donors (Lipinski definition) is 0. The van der Waals surface area contributed by atoms with Crippen LogP contribution in [0.4, 0.5) is 0 Å². The van der Waals surface area contributed by atoms with Gasteiger partial charge in [0.2, 0.25) is 5.91 Å². The molecule has 5 heterocycles. The van der Waals surface area contributed by atoms with Gasteiger partial charge in [-0.2, -0.15) is 10.2 Å². The largest absolute Gasteiger partial charge is 0.497 e. The lowest BCUT2D eigenvalue weighted by Gasteiger charge is -2.27. The zero-order valence-corrected chi connectivity index (χ0v) is 22.1. The summed E-state index contributed by atoms with van der Waals surface area (Å²) < 4.78 is 16.7. The van der Waals surface area contributed by atoms with Crippen LogP contribution in [0.5, 0.6) is 11.5 Å². The van der Waals surface area contributed by atoms with E-state index in [9.17, 15) is 4.79 Å². The normalized spacial score (nSPS) is 17.6. The fourth-order valence-corrected chi connectivity index (χ4v) is 6.15. The van der Waals surface area contributed by atoms with E-state index < -0.39 is 0 Å². The van der Waals surface area contributed by atoms with Crippen LogP contribution in [0.2, 0.25) is 0 Å². The van der Waals surface area contributed by atoms with Crippen LogP contribution in [-0.2, 0) is 11.8 Å². The molecule has 0 radical (unpaired) electrons. The molecule has 0 aliphatic carbocycles. The van der Waals surface area contributed by atoms with Crippen molar-refractivity contribution in [3.8, 4) is 21.9 Å². The number of benzene rings is 1. The summed E-state index contributed by atoms with van der Waals surface area (Å²) in [6.07, 6.45) is 6.04. The lowest BCUT2D eigenvalue weighted by molar-refractivity contribution is -0.129. The number of aryl methyl sites for hydroxylation is 1. The van der Waals surface area contributed by atoms with Gasteiger partial charge in [-0.25, -0.2) is 4.52 Å². The number of ether oxygens (including phenoxy) is 2. The van der Waals surface area contributed by atoms with Gasteiger partial charge >= 0.3 is 0 Å². The standard InChI is InChI=1S/C28H29N5O3S/c1-17(19-5-7-22(35-4)8-6-19)32-15-20(12-28(32)34)18(2)36-25-11-21(16-33-23(25)9-10-29-33)26-13-24-27(37-26)14-30-31(24)3/h5-11,13-14,16-18,20H,12,15H2,1-4H3/t17-,18-,20-/m1/s1. The highest BCUT2D eigenvalue weighted by atomic mass is 32.1. The number of hydrogen-bond acceptors (Lipinski definition) is 6. The molecule has 0 bridgehead atoms. The minimum atomic E-state index is -0.141. The van der Waals surface area contributed by atoms with Gasteiger partial charge in [-0.3, -0.25) is 9.48 Å². The summed E-state index contributed by atoms with van der Waals surface area (Å²) in [5.74, 6) is 1.83. The first-order chi connectivity index (χ1) is 17.9. The molecule has 0 saturated carbocycles. The molecular formula is C28H29N5O3S. The van der Waals surface area contributed by atoms with E-state index in [4.69, 9.17) is 9.47 Å². The number of nitrogens with zero attached hydrogens (tertiary/aromatic N) is 5. The summed E-state index contributed by atoms with van der Waals surface area (Å²) in [6, 6.07) is 14.1. The van der Waals surface area contributed by atoms with Crippen LogP contribution >= 0.6 is 11.3 Å². The van der Waals surface area contributed by atoms with E-state index >= 15 is 0 Å². The molecule has 190 valence electrons. The molecule has 1 aliphatic heterocycles. The zero-order valence-electron chi connectivity index (χ0n) is 21.3. The van der Waals surface area contributed by atoms with Crippen LogP contribution in [-0.4, -0.2) is 50.0 Å². The maximum absolute atomic E-state index is 13.0. The average Bonchev–Trinajstić information content (AvgIpc) is 3.69. The maximum atomic E-state index is 13.0. The highest BCUT2D eigenvalue weighted by Crippen LogP contribution is 2.37. The molecule has 0 spiro atoms. The van der Waals surface area contributed by atoms with Crippen molar-refractivity contribution in [3.05, 3.63) is 66.6 Å². The minimum Gasteiger partial charge on any atom is -0.497 e. The van der Waals surface area contributed by atoms with Gasteiger partial charge in [0.25, 0.3) is 0 Å². The molecule has 0 N–H and O–H groups in total. The molecule has 1 saturated heterocycles. The molecule has 1 aromatic carbocycles. The molecule has 1 fully saturated rings. The van der Waals surface area contributed by atoms with E-state index in [-0.39, 0.29) is 24.0 Å². The van der Waals surface area contributed by atoms with Crippen molar-refractivity contribution in [2.75, 3.05) is 13.7 Å². The zero-order chi connectivity index (χ0) is 25.7. The Labute approximate surface area is 219 Å². The lowest BCUT2D eigenvalue weighted by atomic mass is 10.0. The molecule has 3 atom stereocenters. The molecule has 9 heteroatoms. The van der Waals surface area contributed by atoms with E-state index in [1.54, 1.807) is 24.6 Å². The quantitative estimate of drug-likeness (QED) is 0.293. The molecule has 4 aromatic heterocycles. The Hall–Kier alpha value is -3.85. The fourth-order valence-electron chi connectivity index (χ4n) is 5.12. The first kappa shape index (κ1) is 23.5. The van der Waals surface area contributed by atoms with Gasteiger partial charge in [0.1, 0.15) is 23.1 Å². The van der Waals surface area contributed by atoms with Crippen molar-refractivity contribution in [3.63, 3.8) is 0 Å². The lowest BCUT2D eigenvalue weighted by Crippen LogP contribution is -2.31. The number of aromatic nitrogens is 4. The smallest absolute Gasteiger partial charge is 0.223 e. The maximum Gasteiger partial charge on any atom is 0.223 e. The molecular weight excluding hydrogens is 486 g/mol. The van der Waals surface area contributed by atoms with Crippen molar-refractivity contribution in [1.82, 2.24) is 24.3 Å². The molecule has 1 amide bonds. The van der Waals surface area contributed by atoms with E-state index in [0.717, 1.165) is 43.2 Å². The third-order valence-electron chi connectivity index (χ3n) is 7.42. The van der Waals surface area contributed by atoms with Gasteiger partial charge < -0.3 is 14.4 Å². The first-order valence-electron chi connectivity index (χ1n) is 12.4. The van der Waals surface area contributed by atoms with Crippen molar-refractivity contribution >= 4 is 33.0 Å². The number of rotatable bonds is 7. The van der Waals surface area contributed by atoms with Crippen molar-refractivity contribution in [2.45, 2.75) is 32.4 Å². The van der Waals surface area contributed by atoms with Gasteiger partial charge in [-0.15, -0.1) is 11.3 Å². The predicted molar refractivity (Wildman–Crippen MR) is 144 cm³/mol. The SMILES string of the molecule is COc1ccc([C@@H](C)N2C[C@H]([C@@H](C)Oc3cc(-c4cc5c(cnn5C)s4)cn4nccc34)CC2=O)cc1. The molecule has 5 aromatic rings. The summed E-state index contributed by atoms with van der Waals surface area (Å²) in [4.78, 5) is 16.1. The Morgan fingerprint density at radius 3 is 2.65 bits per heavy atom. The summed E-state index contributed by atoms with van der Waals surface area (Å²) in [5, 5.41) is 8.81. The monoisotopic (exact) mass is 515 g/mol. The number of pyridine rings is 1. The van der Waals surface area contributed by atoms with E-state index in [2.05, 4.69) is 36.2 Å². The van der Waals surface area contributed by atoms with Crippen LogP contribution < -0.4 is 9.47 Å². The second-order valence-electron chi connectivity index (χ2n) is 9.66. The number of thiophene rings is 1. The Kier molecular flexibility index (Phi) is 5.87. The number of likely N-dealkylation sites (tertiary alicyclic amines) is 1. The van der Waals surface area contributed by atoms with Crippen molar-refractivity contribution in [2.24, 2.45) is 13.0 Å². The number of amides is 1. The van der Waals surface area contributed by atoms with Crippen molar-refractivity contribution < 1.29 is 14.3 Å².